The molecule has 0 bridgehead atoms. The first-order valence-corrected chi connectivity index (χ1v) is 12.6. The largest absolute Gasteiger partial charge is 0.302 e. The van der Waals surface area contributed by atoms with Crippen LogP contribution in [0.25, 0.3) is 0 Å². The van der Waals surface area contributed by atoms with Gasteiger partial charge in [-0.2, -0.15) is 0 Å². The van der Waals surface area contributed by atoms with Crippen molar-refractivity contribution in [1.82, 2.24) is 4.90 Å². The van der Waals surface area contributed by atoms with E-state index in [0.717, 1.165) is 0 Å². The van der Waals surface area contributed by atoms with E-state index in [2.05, 4.69) is 133 Å². The Hall–Kier alpha value is -1.95. The average molecular weight is 439 g/mol. The molecular weight excluding hydrogens is 405 g/mol. The molecule has 0 N–H and O–H groups in total. The third-order valence-corrected chi connectivity index (χ3v) is 8.36. The van der Waals surface area contributed by atoms with Crippen LogP contribution in [0.15, 0.2) is 66.7 Å². The lowest BCUT2D eigenvalue weighted by Crippen LogP contribution is -2.30. The van der Waals surface area contributed by atoms with Crippen LogP contribution in [-0.4, -0.2) is 19.0 Å². The normalized spacial score (nSPS) is 16.2. The predicted molar refractivity (Wildman–Crippen MR) is 140 cm³/mol. The fourth-order valence-corrected chi connectivity index (χ4v) is 7.71. The zero-order valence-corrected chi connectivity index (χ0v) is 20.9. The van der Waals surface area contributed by atoms with Gasteiger partial charge in [0.2, 0.25) is 0 Å². The Balaban J connectivity index is 1.84. The molecule has 0 heterocycles. The van der Waals surface area contributed by atoms with Crippen molar-refractivity contribution in [1.29, 1.82) is 0 Å². The van der Waals surface area contributed by atoms with Crippen molar-refractivity contribution in [3.63, 3.8) is 0 Å². The maximum Gasteiger partial charge on any atom is 0.0417 e. The summed E-state index contributed by atoms with van der Waals surface area (Å²) in [5, 5.41) is 2.86. The van der Waals surface area contributed by atoms with Crippen molar-refractivity contribution in [3.8, 4) is 0 Å². The quantitative estimate of drug-likeness (QED) is 0.403. The Morgan fingerprint density at radius 1 is 0.656 bits per heavy atom. The summed E-state index contributed by atoms with van der Waals surface area (Å²) in [5.74, 6) is 1.41. The zero-order valence-electron chi connectivity index (χ0n) is 20.1. The lowest BCUT2D eigenvalue weighted by Gasteiger charge is -2.37. The molecule has 1 nitrogen and oxygen atoms in total. The summed E-state index contributed by atoms with van der Waals surface area (Å²) >= 11 is 0. The van der Waals surface area contributed by atoms with Crippen molar-refractivity contribution in [2.45, 2.75) is 33.7 Å². The monoisotopic (exact) mass is 438 g/mol. The molecule has 0 aliphatic heterocycles. The fourth-order valence-electron chi connectivity index (χ4n) is 4.84. The Morgan fingerprint density at radius 2 is 1.16 bits per heavy atom. The lowest BCUT2D eigenvalue weighted by atomic mass is 9.90. The molecule has 0 spiro atoms. The molecule has 163 valence electrons. The van der Waals surface area contributed by atoms with Crippen molar-refractivity contribution in [3.05, 3.63) is 125 Å². The van der Waals surface area contributed by atoms with Gasteiger partial charge in [0.05, 0.1) is 0 Å². The average Bonchev–Trinajstić information content (AvgIpc) is 3.16. The molecule has 0 saturated heterocycles. The van der Waals surface area contributed by atoms with E-state index >= 15 is 0 Å². The highest BCUT2D eigenvalue weighted by atomic mass is 31.1. The number of hydrogen-bond donors (Lipinski definition) is 0. The SMILES string of the molecule is Cc1cc(C)cc(P([C]2[CH][CH][CH][C]2C(c2ccccc2)N(C)C)c2cc(C)cc(C)c2)c1. The van der Waals surface area contributed by atoms with E-state index in [4.69, 9.17) is 0 Å². The number of benzene rings is 3. The number of nitrogens with zero attached hydrogens (tertiary/aromatic N) is 1. The Kier molecular flexibility index (Phi) is 7.18. The van der Waals surface area contributed by atoms with Crippen molar-refractivity contribution in [2.24, 2.45) is 0 Å². The predicted octanol–water partition coefficient (Wildman–Crippen LogP) is 6.39. The minimum atomic E-state index is -0.669. The smallest absolute Gasteiger partial charge is 0.0417 e. The third kappa shape index (κ3) is 5.00. The topological polar surface area (TPSA) is 3.24 Å². The van der Waals surface area contributed by atoms with Crippen LogP contribution < -0.4 is 10.6 Å². The number of aryl methyl sites for hydroxylation is 4. The Morgan fingerprint density at radius 3 is 1.62 bits per heavy atom. The van der Waals surface area contributed by atoms with Gasteiger partial charge in [0.15, 0.2) is 0 Å². The van der Waals surface area contributed by atoms with Crippen molar-refractivity contribution in [2.75, 3.05) is 14.1 Å². The second kappa shape index (κ2) is 9.90. The summed E-state index contributed by atoms with van der Waals surface area (Å²) in [6, 6.07) is 25.2. The summed E-state index contributed by atoms with van der Waals surface area (Å²) in [5.41, 5.74) is 8.11. The Bertz CT molecular complexity index is 964. The molecule has 1 atom stereocenters. The first-order chi connectivity index (χ1) is 15.3. The molecule has 4 rings (SSSR count). The van der Waals surface area contributed by atoms with Crippen LogP contribution >= 0.6 is 7.92 Å². The van der Waals surface area contributed by atoms with E-state index in [9.17, 15) is 0 Å². The van der Waals surface area contributed by atoms with Crippen LogP contribution in [0.1, 0.15) is 33.9 Å². The summed E-state index contributed by atoms with van der Waals surface area (Å²) in [4.78, 5) is 2.34. The van der Waals surface area contributed by atoms with Crippen LogP contribution in [0.3, 0.4) is 0 Å². The van der Waals surface area contributed by atoms with Gasteiger partial charge in [0, 0.05) is 17.6 Å². The molecule has 32 heavy (non-hydrogen) atoms. The Labute approximate surface area is 196 Å². The second-order valence-corrected chi connectivity index (χ2v) is 11.4. The van der Waals surface area contributed by atoms with Crippen molar-refractivity contribution < 1.29 is 0 Å². The molecule has 5 radical (unpaired) electrons. The molecule has 2 heteroatoms. The first-order valence-electron chi connectivity index (χ1n) is 11.3. The maximum atomic E-state index is 2.39. The van der Waals surface area contributed by atoms with E-state index in [1.807, 2.05) is 0 Å². The van der Waals surface area contributed by atoms with Crippen LogP contribution in [0.4, 0.5) is 0 Å². The van der Waals surface area contributed by atoms with Crippen molar-refractivity contribution >= 4 is 18.5 Å². The van der Waals surface area contributed by atoms with Gasteiger partial charge < -0.3 is 4.90 Å². The van der Waals surface area contributed by atoms with Gasteiger partial charge in [-0.25, -0.2) is 0 Å². The van der Waals surface area contributed by atoms with E-state index in [0.29, 0.717) is 0 Å². The molecule has 0 aromatic heterocycles. The highest BCUT2D eigenvalue weighted by Crippen LogP contribution is 2.60. The lowest BCUT2D eigenvalue weighted by molar-refractivity contribution is 0.319. The number of rotatable bonds is 6. The van der Waals surface area contributed by atoms with Gasteiger partial charge in [-0.15, -0.1) is 0 Å². The van der Waals surface area contributed by atoms with Crippen LogP contribution in [0.2, 0.25) is 0 Å². The summed E-state index contributed by atoms with van der Waals surface area (Å²) in [6.07, 6.45) is 6.92. The van der Waals surface area contributed by atoms with Crippen LogP contribution in [-0.2, 0) is 0 Å². The van der Waals surface area contributed by atoms with Crippen LogP contribution in [0.5, 0.6) is 0 Å². The third-order valence-electron chi connectivity index (χ3n) is 5.92. The van der Waals surface area contributed by atoms with E-state index in [1.54, 1.807) is 0 Å². The van der Waals surface area contributed by atoms with Gasteiger partial charge in [0.1, 0.15) is 0 Å². The van der Waals surface area contributed by atoms with E-state index < -0.39 is 7.92 Å². The van der Waals surface area contributed by atoms with E-state index in [-0.39, 0.29) is 6.04 Å². The molecule has 1 saturated carbocycles. The van der Waals surface area contributed by atoms with Gasteiger partial charge in [-0.1, -0.05) is 89.0 Å². The minimum absolute atomic E-state index is 0.225. The molecule has 1 aliphatic carbocycles. The first kappa shape index (κ1) is 23.2. The van der Waals surface area contributed by atoms with Gasteiger partial charge in [-0.3, -0.25) is 0 Å². The summed E-state index contributed by atoms with van der Waals surface area (Å²) < 4.78 is 0. The van der Waals surface area contributed by atoms with Gasteiger partial charge >= 0.3 is 0 Å². The summed E-state index contributed by atoms with van der Waals surface area (Å²) in [7, 11) is 3.70. The zero-order chi connectivity index (χ0) is 22.8. The highest BCUT2D eigenvalue weighted by Gasteiger charge is 2.42. The van der Waals surface area contributed by atoms with Gasteiger partial charge in [0.25, 0.3) is 0 Å². The molecule has 1 aliphatic rings. The second-order valence-electron chi connectivity index (χ2n) is 9.17. The number of hydrogen-bond acceptors (Lipinski definition) is 1. The molecular formula is C30H33NP. The standard InChI is InChI=1S/C30H33NP/c1-21-15-22(2)18-26(17-21)32(27-19-23(3)16-24(4)20-27)29-14-10-13-28(29)30(31(5)6)25-11-8-7-9-12-25/h7-20,30H,1-6H3. The fraction of sp³-hybridized carbons (Fsp3) is 0.233. The molecule has 3 aromatic carbocycles. The minimum Gasteiger partial charge on any atom is -0.302 e. The summed E-state index contributed by atoms with van der Waals surface area (Å²) in [6.45, 7) is 8.85. The van der Waals surface area contributed by atoms with Gasteiger partial charge in [-0.05, 0) is 85.1 Å². The molecule has 3 aromatic rings. The highest BCUT2D eigenvalue weighted by molar-refractivity contribution is 7.76. The van der Waals surface area contributed by atoms with E-state index in [1.165, 1.54) is 50.0 Å². The molecule has 0 amide bonds. The molecule has 1 unspecified atom stereocenters. The molecule has 1 fully saturated rings. The van der Waals surface area contributed by atoms with Crippen LogP contribution in [0, 0.1) is 58.5 Å². The maximum absolute atomic E-state index is 2.39.